The van der Waals surface area contributed by atoms with Crippen molar-refractivity contribution in [3.63, 3.8) is 0 Å². The molecule has 8 heteroatoms. The van der Waals surface area contributed by atoms with E-state index in [0.717, 1.165) is 50.5 Å². The molecule has 31 heavy (non-hydrogen) atoms. The highest BCUT2D eigenvalue weighted by atomic mass is 16.5. The standard InChI is InChI=1S/C23H35N5O3/c1-2-31-23(30)19-8-14-28(15-9-19)22(29)18-6-12-26(13-7-18)20-16-24-17-25-21(20)27-10-4-3-5-11-27/h16-19H,2-15H2,1H3. The fraction of sp³-hybridized carbons (Fsp3) is 0.739. The molecule has 3 aliphatic heterocycles. The molecule has 0 aromatic carbocycles. The van der Waals surface area contributed by atoms with E-state index in [9.17, 15) is 9.59 Å². The molecule has 0 N–H and O–H groups in total. The highest BCUT2D eigenvalue weighted by molar-refractivity contribution is 5.80. The summed E-state index contributed by atoms with van der Waals surface area (Å²) in [5, 5.41) is 0. The second kappa shape index (κ2) is 10.3. The molecule has 3 fully saturated rings. The first kappa shape index (κ1) is 21.8. The van der Waals surface area contributed by atoms with Crippen LogP contribution in [0.5, 0.6) is 0 Å². The third-order valence-electron chi connectivity index (χ3n) is 6.94. The lowest BCUT2D eigenvalue weighted by atomic mass is 9.92. The number of hydrogen-bond donors (Lipinski definition) is 0. The molecule has 4 heterocycles. The normalized spacial score (nSPS) is 21.3. The van der Waals surface area contributed by atoms with Crippen LogP contribution in [-0.2, 0) is 14.3 Å². The SMILES string of the molecule is CCOC(=O)C1CCN(C(=O)C2CCN(c3cncnc3N3CCCCC3)CC2)CC1. The second-order valence-electron chi connectivity index (χ2n) is 8.89. The van der Waals surface area contributed by atoms with Gasteiger partial charge in [0, 0.05) is 45.2 Å². The molecule has 0 aliphatic carbocycles. The van der Waals surface area contributed by atoms with E-state index < -0.39 is 0 Å². The molecule has 0 spiro atoms. The molecule has 3 saturated heterocycles. The maximum atomic E-state index is 13.1. The number of esters is 1. The van der Waals surface area contributed by atoms with Gasteiger partial charge < -0.3 is 19.4 Å². The second-order valence-corrected chi connectivity index (χ2v) is 8.89. The molecule has 1 amide bonds. The highest BCUT2D eigenvalue weighted by Crippen LogP contribution is 2.32. The minimum atomic E-state index is -0.113. The lowest BCUT2D eigenvalue weighted by Crippen LogP contribution is -2.46. The van der Waals surface area contributed by atoms with E-state index in [1.807, 2.05) is 18.0 Å². The molecule has 170 valence electrons. The van der Waals surface area contributed by atoms with Crippen LogP contribution in [0.25, 0.3) is 0 Å². The van der Waals surface area contributed by atoms with Crippen molar-refractivity contribution in [2.75, 3.05) is 55.7 Å². The monoisotopic (exact) mass is 429 g/mol. The first-order valence-electron chi connectivity index (χ1n) is 11.9. The first-order chi connectivity index (χ1) is 15.2. The van der Waals surface area contributed by atoms with Crippen molar-refractivity contribution in [2.24, 2.45) is 11.8 Å². The number of nitrogens with zero attached hydrogens (tertiary/aromatic N) is 5. The van der Waals surface area contributed by atoms with Crippen LogP contribution in [0.4, 0.5) is 11.5 Å². The van der Waals surface area contributed by atoms with Crippen LogP contribution in [0, 0.1) is 11.8 Å². The van der Waals surface area contributed by atoms with Gasteiger partial charge in [0.05, 0.1) is 24.4 Å². The number of anilines is 2. The average molecular weight is 430 g/mol. The van der Waals surface area contributed by atoms with Crippen molar-refractivity contribution in [2.45, 2.75) is 51.9 Å². The van der Waals surface area contributed by atoms with Crippen LogP contribution >= 0.6 is 0 Å². The van der Waals surface area contributed by atoms with E-state index in [1.54, 1.807) is 6.33 Å². The Morgan fingerprint density at radius 1 is 0.935 bits per heavy atom. The largest absolute Gasteiger partial charge is 0.466 e. The predicted octanol–water partition coefficient (Wildman–Crippen LogP) is 2.48. The fourth-order valence-electron chi connectivity index (χ4n) is 5.11. The van der Waals surface area contributed by atoms with Crippen LogP contribution in [-0.4, -0.2) is 72.6 Å². The number of likely N-dealkylation sites (tertiary alicyclic amines) is 1. The van der Waals surface area contributed by atoms with Crippen molar-refractivity contribution in [3.8, 4) is 0 Å². The Bertz CT molecular complexity index is 751. The number of piperidine rings is 3. The summed E-state index contributed by atoms with van der Waals surface area (Å²) in [4.78, 5) is 40.6. The zero-order chi connectivity index (χ0) is 21.6. The van der Waals surface area contributed by atoms with Crippen molar-refractivity contribution in [3.05, 3.63) is 12.5 Å². The van der Waals surface area contributed by atoms with Gasteiger partial charge in [0.15, 0.2) is 5.82 Å². The Hall–Kier alpha value is -2.38. The van der Waals surface area contributed by atoms with E-state index in [-0.39, 0.29) is 23.7 Å². The number of carbonyl (C=O) groups is 2. The molecule has 1 aromatic rings. The molecular weight excluding hydrogens is 394 g/mol. The van der Waals surface area contributed by atoms with Gasteiger partial charge in [-0.25, -0.2) is 9.97 Å². The number of rotatable bonds is 5. The number of aromatic nitrogens is 2. The summed E-state index contributed by atoms with van der Waals surface area (Å²) in [6.07, 6.45) is 10.4. The fourth-order valence-corrected chi connectivity index (χ4v) is 5.11. The third kappa shape index (κ3) is 5.10. The maximum Gasteiger partial charge on any atom is 0.309 e. The van der Waals surface area contributed by atoms with Gasteiger partial charge in [-0.3, -0.25) is 9.59 Å². The number of amides is 1. The zero-order valence-corrected chi connectivity index (χ0v) is 18.7. The van der Waals surface area contributed by atoms with Crippen LogP contribution in [0.15, 0.2) is 12.5 Å². The minimum absolute atomic E-state index is 0.0582. The van der Waals surface area contributed by atoms with Crippen molar-refractivity contribution >= 4 is 23.4 Å². The smallest absolute Gasteiger partial charge is 0.309 e. The van der Waals surface area contributed by atoms with E-state index in [2.05, 4.69) is 19.8 Å². The molecule has 0 saturated carbocycles. The lowest BCUT2D eigenvalue weighted by Gasteiger charge is -2.38. The molecule has 1 aromatic heterocycles. The van der Waals surface area contributed by atoms with Crippen molar-refractivity contribution in [1.29, 1.82) is 0 Å². The predicted molar refractivity (Wildman–Crippen MR) is 119 cm³/mol. The van der Waals surface area contributed by atoms with Crippen LogP contribution in [0.1, 0.15) is 51.9 Å². The topological polar surface area (TPSA) is 78.9 Å². The van der Waals surface area contributed by atoms with Gasteiger partial charge in [-0.1, -0.05) is 0 Å². The summed E-state index contributed by atoms with van der Waals surface area (Å²) in [5.41, 5.74) is 1.10. The summed E-state index contributed by atoms with van der Waals surface area (Å²) in [7, 11) is 0. The molecule has 3 aliphatic rings. The zero-order valence-electron chi connectivity index (χ0n) is 18.7. The van der Waals surface area contributed by atoms with Gasteiger partial charge in [0.25, 0.3) is 0 Å². The molecule has 0 bridgehead atoms. The van der Waals surface area contributed by atoms with Gasteiger partial charge in [0.2, 0.25) is 5.91 Å². The molecule has 8 nitrogen and oxygen atoms in total. The van der Waals surface area contributed by atoms with E-state index in [1.165, 1.54) is 19.3 Å². The molecule has 0 atom stereocenters. The van der Waals surface area contributed by atoms with Crippen LogP contribution in [0.3, 0.4) is 0 Å². The van der Waals surface area contributed by atoms with Gasteiger partial charge in [-0.15, -0.1) is 0 Å². The Balaban J connectivity index is 1.30. The summed E-state index contributed by atoms with van der Waals surface area (Å²) in [6.45, 7) is 7.39. The number of hydrogen-bond acceptors (Lipinski definition) is 7. The Morgan fingerprint density at radius 2 is 1.61 bits per heavy atom. The summed E-state index contributed by atoms with van der Waals surface area (Å²) in [6, 6.07) is 0. The first-order valence-corrected chi connectivity index (χ1v) is 11.9. The van der Waals surface area contributed by atoms with E-state index in [4.69, 9.17) is 4.74 Å². The van der Waals surface area contributed by atoms with Gasteiger partial charge in [-0.05, 0) is 51.9 Å². The molecule has 0 radical (unpaired) electrons. The van der Waals surface area contributed by atoms with Gasteiger partial charge in [0.1, 0.15) is 6.33 Å². The Morgan fingerprint density at radius 3 is 2.29 bits per heavy atom. The molecular formula is C23H35N5O3. The Kier molecular flexibility index (Phi) is 7.25. The average Bonchev–Trinajstić information content (AvgIpc) is 2.84. The lowest BCUT2D eigenvalue weighted by molar-refractivity contribution is -0.151. The number of ether oxygens (including phenoxy) is 1. The molecule has 0 unspecified atom stereocenters. The van der Waals surface area contributed by atoms with Gasteiger partial charge in [-0.2, -0.15) is 0 Å². The minimum Gasteiger partial charge on any atom is -0.466 e. The summed E-state index contributed by atoms with van der Waals surface area (Å²) < 4.78 is 5.14. The van der Waals surface area contributed by atoms with E-state index >= 15 is 0 Å². The van der Waals surface area contributed by atoms with Gasteiger partial charge >= 0.3 is 5.97 Å². The maximum absolute atomic E-state index is 13.1. The van der Waals surface area contributed by atoms with Crippen LogP contribution in [0.2, 0.25) is 0 Å². The summed E-state index contributed by atoms with van der Waals surface area (Å²) >= 11 is 0. The quantitative estimate of drug-likeness (QED) is 0.666. The number of carbonyl (C=O) groups excluding carboxylic acids is 2. The Labute approximate surface area is 185 Å². The van der Waals surface area contributed by atoms with E-state index in [0.29, 0.717) is 32.5 Å². The molecule has 4 rings (SSSR count). The van der Waals surface area contributed by atoms with Crippen molar-refractivity contribution < 1.29 is 14.3 Å². The van der Waals surface area contributed by atoms with Crippen molar-refractivity contribution in [1.82, 2.24) is 14.9 Å². The van der Waals surface area contributed by atoms with Crippen LogP contribution < -0.4 is 9.80 Å². The summed E-state index contributed by atoms with van der Waals surface area (Å²) in [5.74, 6) is 1.19. The third-order valence-corrected chi connectivity index (χ3v) is 6.94. The highest BCUT2D eigenvalue weighted by Gasteiger charge is 2.33.